The van der Waals surface area contributed by atoms with Crippen LogP contribution in [-0.4, -0.2) is 27.7 Å². The number of carbonyl (C=O) groups excluding carboxylic acids is 2. The monoisotopic (exact) mass is 436 g/mol. The van der Waals surface area contributed by atoms with Crippen LogP contribution in [0.25, 0.3) is 0 Å². The first-order valence-electron chi connectivity index (χ1n) is 10.1. The van der Waals surface area contributed by atoms with E-state index < -0.39 is 11.7 Å². The maximum atomic E-state index is 13.2. The van der Waals surface area contributed by atoms with Gasteiger partial charge in [0.05, 0.1) is 0 Å². The number of ether oxygens (including phenoxy) is 1. The van der Waals surface area contributed by atoms with E-state index in [1.807, 2.05) is 20.8 Å². The first-order chi connectivity index (χ1) is 12.7. The SMILES string of the molecule is CC(C)(C)OC(=O)n1cc(Br)cc1C(=O)NC12CCC3CC(CC1)CC2C3. The molecule has 3 saturated carbocycles. The van der Waals surface area contributed by atoms with Crippen molar-refractivity contribution in [3.8, 4) is 0 Å². The Kier molecular flexibility index (Phi) is 4.68. The smallest absolute Gasteiger partial charge is 0.419 e. The van der Waals surface area contributed by atoms with Crippen molar-refractivity contribution in [1.82, 2.24) is 9.88 Å². The van der Waals surface area contributed by atoms with Crippen LogP contribution in [0.5, 0.6) is 0 Å². The van der Waals surface area contributed by atoms with Gasteiger partial charge in [0, 0.05) is 16.2 Å². The molecule has 2 unspecified atom stereocenters. The molecule has 6 heteroatoms. The lowest BCUT2D eigenvalue weighted by Crippen LogP contribution is -2.60. The zero-order valence-corrected chi connectivity index (χ0v) is 18.0. The number of hydrogen-bond donors (Lipinski definition) is 1. The van der Waals surface area contributed by atoms with Crippen LogP contribution < -0.4 is 5.32 Å². The summed E-state index contributed by atoms with van der Waals surface area (Å²) in [6, 6.07) is 1.70. The number of hydrogen-bond acceptors (Lipinski definition) is 3. The minimum Gasteiger partial charge on any atom is -0.443 e. The average Bonchev–Trinajstić information content (AvgIpc) is 2.96. The van der Waals surface area contributed by atoms with Gasteiger partial charge in [-0.1, -0.05) is 0 Å². The van der Waals surface area contributed by atoms with Gasteiger partial charge in [-0.25, -0.2) is 9.36 Å². The van der Waals surface area contributed by atoms with E-state index in [1.165, 1.54) is 36.7 Å². The van der Waals surface area contributed by atoms with Gasteiger partial charge >= 0.3 is 6.09 Å². The molecule has 4 rings (SSSR count). The van der Waals surface area contributed by atoms with Crippen molar-refractivity contribution in [2.45, 2.75) is 76.9 Å². The Morgan fingerprint density at radius 2 is 1.81 bits per heavy atom. The third kappa shape index (κ3) is 3.69. The standard InChI is InChI=1S/C21H29BrN2O3/c1-20(2,3)27-19(26)24-12-16(22)11-17(24)18(25)23-21-6-4-13-8-14(5-7-21)10-15(21)9-13/h11-15H,4-10H2,1-3H3,(H,23,25). The maximum absolute atomic E-state index is 13.2. The molecule has 2 atom stereocenters. The molecule has 1 amide bonds. The van der Waals surface area contributed by atoms with Crippen molar-refractivity contribution in [3.05, 3.63) is 22.4 Å². The number of rotatable bonds is 2. The highest BCUT2D eigenvalue weighted by Gasteiger charge is 2.51. The number of carbonyl (C=O) groups is 2. The predicted molar refractivity (Wildman–Crippen MR) is 107 cm³/mol. The van der Waals surface area contributed by atoms with Gasteiger partial charge in [0.2, 0.25) is 0 Å². The van der Waals surface area contributed by atoms with Gasteiger partial charge in [0.25, 0.3) is 5.91 Å². The highest BCUT2D eigenvalue weighted by Crippen LogP contribution is 2.54. The van der Waals surface area contributed by atoms with E-state index in [0.29, 0.717) is 16.1 Å². The molecule has 5 nitrogen and oxygen atoms in total. The van der Waals surface area contributed by atoms with E-state index in [2.05, 4.69) is 21.2 Å². The number of amides is 1. The molecule has 0 radical (unpaired) electrons. The Balaban J connectivity index is 1.56. The van der Waals surface area contributed by atoms with E-state index in [1.54, 1.807) is 12.3 Å². The molecular formula is C21H29BrN2O3. The fourth-order valence-corrected chi connectivity index (χ4v) is 5.95. The van der Waals surface area contributed by atoms with E-state index >= 15 is 0 Å². The third-order valence-corrected chi connectivity index (χ3v) is 7.09. The summed E-state index contributed by atoms with van der Waals surface area (Å²) in [7, 11) is 0. The summed E-state index contributed by atoms with van der Waals surface area (Å²) in [6.45, 7) is 5.46. The van der Waals surface area contributed by atoms with Crippen molar-refractivity contribution in [3.63, 3.8) is 0 Å². The Hall–Kier alpha value is -1.30. The van der Waals surface area contributed by atoms with Crippen molar-refractivity contribution >= 4 is 27.9 Å². The molecule has 3 aliphatic carbocycles. The van der Waals surface area contributed by atoms with Crippen LogP contribution in [0.4, 0.5) is 4.79 Å². The molecule has 3 fully saturated rings. The average molecular weight is 437 g/mol. The molecule has 0 aromatic carbocycles. The molecule has 0 aliphatic heterocycles. The molecule has 27 heavy (non-hydrogen) atoms. The molecule has 1 aromatic heterocycles. The third-order valence-electron chi connectivity index (χ3n) is 6.65. The lowest BCUT2D eigenvalue weighted by molar-refractivity contribution is -0.00929. The fraction of sp³-hybridized carbons (Fsp3) is 0.714. The van der Waals surface area contributed by atoms with Gasteiger partial charge in [-0.3, -0.25) is 4.79 Å². The zero-order valence-electron chi connectivity index (χ0n) is 16.4. The molecule has 3 aliphatic rings. The number of nitrogens with one attached hydrogen (secondary N) is 1. The van der Waals surface area contributed by atoms with Gasteiger partial charge in [0.15, 0.2) is 0 Å². The Labute approximate surface area is 169 Å². The Bertz CT molecular complexity index is 748. The van der Waals surface area contributed by atoms with Gasteiger partial charge in [-0.2, -0.15) is 0 Å². The fourth-order valence-electron chi connectivity index (χ4n) is 5.53. The van der Waals surface area contributed by atoms with Crippen LogP contribution in [-0.2, 0) is 4.74 Å². The largest absolute Gasteiger partial charge is 0.443 e. The highest BCUT2D eigenvalue weighted by atomic mass is 79.9. The quantitative estimate of drug-likeness (QED) is 0.699. The Morgan fingerprint density at radius 1 is 1.19 bits per heavy atom. The summed E-state index contributed by atoms with van der Waals surface area (Å²) in [4.78, 5) is 25.8. The molecule has 1 aromatic rings. The van der Waals surface area contributed by atoms with Crippen LogP contribution in [0.3, 0.4) is 0 Å². The molecule has 1 heterocycles. The summed E-state index contributed by atoms with van der Waals surface area (Å²) in [5.74, 6) is 2.10. The minimum atomic E-state index is -0.612. The minimum absolute atomic E-state index is 0.0972. The molecule has 0 spiro atoms. The summed E-state index contributed by atoms with van der Waals surface area (Å²) in [5.41, 5.74) is -0.371. The predicted octanol–water partition coefficient (Wildman–Crippen LogP) is 5.12. The lowest BCUT2D eigenvalue weighted by atomic mass is 9.54. The number of fused-ring (bicyclic) bond motifs is 2. The normalized spacial score (nSPS) is 32.2. The second-order valence-electron chi connectivity index (χ2n) is 9.72. The van der Waals surface area contributed by atoms with Crippen molar-refractivity contribution in [2.24, 2.45) is 17.8 Å². The Morgan fingerprint density at radius 3 is 2.41 bits per heavy atom. The molecular weight excluding hydrogens is 408 g/mol. The topological polar surface area (TPSA) is 60.3 Å². The summed E-state index contributed by atoms with van der Waals surface area (Å²) in [5, 5.41) is 3.37. The van der Waals surface area contributed by atoms with Crippen LogP contribution in [0, 0.1) is 17.8 Å². The first-order valence-corrected chi connectivity index (χ1v) is 10.9. The van der Waals surface area contributed by atoms with Crippen molar-refractivity contribution in [2.75, 3.05) is 0 Å². The zero-order chi connectivity index (χ0) is 19.4. The molecule has 0 saturated heterocycles. The van der Waals surface area contributed by atoms with Crippen molar-refractivity contribution in [1.29, 1.82) is 0 Å². The first kappa shape index (κ1) is 19.0. The molecule has 3 bridgehead atoms. The van der Waals surface area contributed by atoms with Gasteiger partial charge in [-0.05, 0) is 105 Å². The van der Waals surface area contributed by atoms with E-state index in [0.717, 1.165) is 24.7 Å². The van der Waals surface area contributed by atoms with Crippen LogP contribution >= 0.6 is 15.9 Å². The van der Waals surface area contributed by atoms with Gasteiger partial charge in [0.1, 0.15) is 11.3 Å². The second-order valence-corrected chi connectivity index (χ2v) is 10.6. The summed E-state index contributed by atoms with van der Waals surface area (Å²) < 4.78 is 7.48. The second kappa shape index (κ2) is 6.64. The van der Waals surface area contributed by atoms with Gasteiger partial charge in [-0.15, -0.1) is 0 Å². The van der Waals surface area contributed by atoms with Crippen LogP contribution in [0.2, 0.25) is 0 Å². The number of nitrogens with zero attached hydrogens (tertiary/aromatic N) is 1. The van der Waals surface area contributed by atoms with Crippen LogP contribution in [0.15, 0.2) is 16.7 Å². The summed E-state index contributed by atoms with van der Waals surface area (Å²) in [6.07, 6.45) is 9.50. The van der Waals surface area contributed by atoms with Gasteiger partial charge < -0.3 is 10.1 Å². The maximum Gasteiger partial charge on any atom is 0.419 e. The highest BCUT2D eigenvalue weighted by molar-refractivity contribution is 9.10. The molecule has 1 N–H and O–H groups in total. The van der Waals surface area contributed by atoms with E-state index in [-0.39, 0.29) is 11.4 Å². The van der Waals surface area contributed by atoms with Crippen LogP contribution in [0.1, 0.15) is 76.2 Å². The molecule has 148 valence electrons. The summed E-state index contributed by atoms with van der Waals surface area (Å²) >= 11 is 3.40. The van der Waals surface area contributed by atoms with Crippen molar-refractivity contribution < 1.29 is 14.3 Å². The van der Waals surface area contributed by atoms with E-state index in [9.17, 15) is 9.59 Å². The number of aromatic nitrogens is 1. The lowest BCUT2D eigenvalue weighted by Gasteiger charge is -2.56. The van der Waals surface area contributed by atoms with E-state index in [4.69, 9.17) is 4.74 Å². The number of halogens is 1.